The molecule has 1 saturated heterocycles. The first-order chi connectivity index (χ1) is 10.1. The topological polar surface area (TPSA) is 50.8 Å². The normalized spacial score (nSPS) is 18.3. The van der Waals surface area contributed by atoms with Crippen molar-refractivity contribution in [3.63, 3.8) is 0 Å². The van der Waals surface area contributed by atoms with E-state index in [0.29, 0.717) is 26.2 Å². The van der Waals surface area contributed by atoms with Crippen LogP contribution in [-0.4, -0.2) is 50.8 Å². The van der Waals surface area contributed by atoms with E-state index in [0.717, 1.165) is 12.1 Å². The largest absolute Gasteiger partial charge is 0.494 e. The fourth-order valence-corrected chi connectivity index (χ4v) is 2.29. The monoisotopic (exact) mass is 296 g/mol. The molecule has 0 spiro atoms. The Kier molecular flexibility index (Phi) is 5.52. The van der Waals surface area contributed by atoms with E-state index < -0.39 is 5.82 Å². The van der Waals surface area contributed by atoms with Crippen molar-refractivity contribution in [2.45, 2.75) is 19.0 Å². The SMILES string of the molecule is COc1ccc(CN(C)C(=O)CC2COCCN2)cc1F. The number of rotatable bonds is 5. The van der Waals surface area contributed by atoms with Crippen molar-refractivity contribution in [2.24, 2.45) is 0 Å². The molecule has 21 heavy (non-hydrogen) atoms. The van der Waals surface area contributed by atoms with Gasteiger partial charge in [-0.1, -0.05) is 6.07 Å². The lowest BCUT2D eigenvalue weighted by atomic mass is 10.1. The number of carbonyl (C=O) groups excluding carboxylic acids is 1. The second-order valence-corrected chi connectivity index (χ2v) is 5.15. The van der Waals surface area contributed by atoms with E-state index in [4.69, 9.17) is 9.47 Å². The molecule has 1 N–H and O–H groups in total. The maximum Gasteiger partial charge on any atom is 0.224 e. The molecule has 2 rings (SSSR count). The Morgan fingerprint density at radius 1 is 1.57 bits per heavy atom. The number of hydrogen-bond acceptors (Lipinski definition) is 4. The number of morpholine rings is 1. The van der Waals surface area contributed by atoms with Gasteiger partial charge in [-0.2, -0.15) is 0 Å². The first-order valence-corrected chi connectivity index (χ1v) is 6.97. The van der Waals surface area contributed by atoms with Gasteiger partial charge in [-0.3, -0.25) is 4.79 Å². The summed E-state index contributed by atoms with van der Waals surface area (Å²) in [4.78, 5) is 13.7. The summed E-state index contributed by atoms with van der Waals surface area (Å²) >= 11 is 0. The van der Waals surface area contributed by atoms with Crippen LogP contribution < -0.4 is 10.1 Å². The number of hydrogen-bond donors (Lipinski definition) is 1. The molecule has 0 bridgehead atoms. The Labute approximate surface area is 124 Å². The van der Waals surface area contributed by atoms with Gasteiger partial charge in [0.25, 0.3) is 0 Å². The Morgan fingerprint density at radius 2 is 2.38 bits per heavy atom. The Morgan fingerprint density at radius 3 is 3.00 bits per heavy atom. The minimum absolute atomic E-state index is 0.00854. The van der Waals surface area contributed by atoms with Crippen LogP contribution in [0.2, 0.25) is 0 Å². The van der Waals surface area contributed by atoms with Crippen molar-refractivity contribution in [1.82, 2.24) is 10.2 Å². The van der Waals surface area contributed by atoms with E-state index in [-0.39, 0.29) is 17.7 Å². The molecule has 1 aromatic rings. The maximum absolute atomic E-state index is 13.6. The van der Waals surface area contributed by atoms with Crippen molar-refractivity contribution in [1.29, 1.82) is 0 Å². The van der Waals surface area contributed by atoms with Crippen LogP contribution in [0.5, 0.6) is 5.75 Å². The van der Waals surface area contributed by atoms with Crippen LogP contribution in [0.25, 0.3) is 0 Å². The van der Waals surface area contributed by atoms with Gasteiger partial charge >= 0.3 is 0 Å². The van der Waals surface area contributed by atoms with Crippen molar-refractivity contribution in [2.75, 3.05) is 33.9 Å². The summed E-state index contributed by atoms with van der Waals surface area (Å²) in [5.74, 6) is -0.205. The highest BCUT2D eigenvalue weighted by Crippen LogP contribution is 2.18. The molecule has 0 aromatic heterocycles. The number of nitrogens with zero attached hydrogens (tertiary/aromatic N) is 1. The van der Waals surface area contributed by atoms with Gasteiger partial charge in [0.15, 0.2) is 11.6 Å². The van der Waals surface area contributed by atoms with E-state index in [1.54, 1.807) is 24.1 Å². The van der Waals surface area contributed by atoms with Crippen molar-refractivity contribution in [3.05, 3.63) is 29.6 Å². The van der Waals surface area contributed by atoms with Gasteiger partial charge in [0.1, 0.15) is 0 Å². The van der Waals surface area contributed by atoms with Crippen LogP contribution in [0.15, 0.2) is 18.2 Å². The lowest BCUT2D eigenvalue weighted by Crippen LogP contribution is -2.44. The molecular formula is C15H21FN2O3. The number of benzene rings is 1. The molecule has 0 radical (unpaired) electrons. The maximum atomic E-state index is 13.6. The highest BCUT2D eigenvalue weighted by atomic mass is 19.1. The summed E-state index contributed by atoms with van der Waals surface area (Å²) in [5.41, 5.74) is 0.733. The predicted octanol–water partition coefficient (Wildman–Crippen LogP) is 1.17. The van der Waals surface area contributed by atoms with Crippen LogP contribution in [-0.2, 0) is 16.1 Å². The molecule has 0 aliphatic carbocycles. The quantitative estimate of drug-likeness (QED) is 0.886. The van der Waals surface area contributed by atoms with Crippen molar-refractivity contribution >= 4 is 5.91 Å². The number of amides is 1. The van der Waals surface area contributed by atoms with Crippen LogP contribution in [0, 0.1) is 5.82 Å². The van der Waals surface area contributed by atoms with Gasteiger partial charge in [0.2, 0.25) is 5.91 Å². The Hall–Kier alpha value is -1.66. The molecule has 1 atom stereocenters. The lowest BCUT2D eigenvalue weighted by Gasteiger charge is -2.25. The zero-order valence-electron chi connectivity index (χ0n) is 12.4. The molecule has 6 heteroatoms. The Bertz CT molecular complexity index is 490. The van der Waals surface area contributed by atoms with Crippen LogP contribution >= 0.6 is 0 Å². The predicted molar refractivity (Wildman–Crippen MR) is 76.7 cm³/mol. The highest BCUT2D eigenvalue weighted by molar-refractivity contribution is 5.76. The first-order valence-electron chi connectivity index (χ1n) is 6.97. The molecule has 1 aliphatic rings. The highest BCUT2D eigenvalue weighted by Gasteiger charge is 2.19. The Balaban J connectivity index is 1.89. The van der Waals surface area contributed by atoms with Gasteiger partial charge in [-0.15, -0.1) is 0 Å². The molecule has 1 aromatic carbocycles. The minimum atomic E-state index is -0.418. The second kappa shape index (κ2) is 7.38. The van der Waals surface area contributed by atoms with Crippen molar-refractivity contribution < 1.29 is 18.7 Å². The molecule has 1 unspecified atom stereocenters. The molecule has 1 fully saturated rings. The van der Waals surface area contributed by atoms with E-state index in [1.165, 1.54) is 13.2 Å². The average Bonchev–Trinajstić information content (AvgIpc) is 2.48. The lowest BCUT2D eigenvalue weighted by molar-refractivity contribution is -0.131. The average molecular weight is 296 g/mol. The van der Waals surface area contributed by atoms with Gasteiger partial charge in [-0.05, 0) is 17.7 Å². The number of methoxy groups -OCH3 is 1. The molecule has 5 nitrogen and oxygen atoms in total. The number of nitrogens with one attached hydrogen (secondary N) is 1. The zero-order chi connectivity index (χ0) is 15.2. The standard InChI is InChI=1S/C15H21FN2O3/c1-18(15(19)8-12-10-21-6-5-17-12)9-11-3-4-14(20-2)13(16)7-11/h3-4,7,12,17H,5-6,8-10H2,1-2H3. The summed E-state index contributed by atoms with van der Waals surface area (Å²) in [6.07, 6.45) is 0.384. The number of halogens is 1. The van der Waals surface area contributed by atoms with Crippen LogP contribution in [0.4, 0.5) is 4.39 Å². The van der Waals surface area contributed by atoms with E-state index in [1.807, 2.05) is 0 Å². The van der Waals surface area contributed by atoms with Crippen LogP contribution in [0.1, 0.15) is 12.0 Å². The molecule has 1 heterocycles. The summed E-state index contributed by atoms with van der Waals surface area (Å²) in [7, 11) is 3.14. The van der Waals surface area contributed by atoms with Crippen LogP contribution in [0.3, 0.4) is 0 Å². The summed E-state index contributed by atoms with van der Waals surface area (Å²) < 4.78 is 23.8. The van der Waals surface area contributed by atoms with Gasteiger partial charge in [0, 0.05) is 32.6 Å². The summed E-state index contributed by atoms with van der Waals surface area (Å²) in [6, 6.07) is 4.78. The van der Waals surface area contributed by atoms with Crippen molar-refractivity contribution in [3.8, 4) is 5.75 Å². The number of ether oxygens (including phenoxy) is 2. The van der Waals surface area contributed by atoms with Gasteiger partial charge in [-0.25, -0.2) is 4.39 Å². The summed E-state index contributed by atoms with van der Waals surface area (Å²) in [6.45, 7) is 2.38. The molecule has 0 saturated carbocycles. The molecular weight excluding hydrogens is 275 g/mol. The van der Waals surface area contributed by atoms with Gasteiger partial charge in [0.05, 0.1) is 20.3 Å². The smallest absolute Gasteiger partial charge is 0.224 e. The first kappa shape index (κ1) is 15.7. The third kappa shape index (κ3) is 4.41. The second-order valence-electron chi connectivity index (χ2n) is 5.15. The van der Waals surface area contributed by atoms with E-state index in [9.17, 15) is 9.18 Å². The fraction of sp³-hybridized carbons (Fsp3) is 0.533. The molecule has 116 valence electrons. The molecule has 1 aliphatic heterocycles. The minimum Gasteiger partial charge on any atom is -0.494 e. The molecule has 1 amide bonds. The zero-order valence-corrected chi connectivity index (χ0v) is 12.4. The third-order valence-corrected chi connectivity index (χ3v) is 3.48. The fourth-order valence-electron chi connectivity index (χ4n) is 2.29. The number of carbonyl (C=O) groups is 1. The summed E-state index contributed by atoms with van der Waals surface area (Å²) in [5, 5.41) is 3.24. The van der Waals surface area contributed by atoms with E-state index in [2.05, 4.69) is 5.32 Å². The van der Waals surface area contributed by atoms with E-state index >= 15 is 0 Å². The third-order valence-electron chi connectivity index (χ3n) is 3.48. The van der Waals surface area contributed by atoms with Gasteiger partial charge < -0.3 is 19.7 Å².